The van der Waals surface area contributed by atoms with E-state index >= 15 is 0 Å². The molecular weight excluding hydrogens is 592 g/mol. The van der Waals surface area contributed by atoms with Gasteiger partial charge in [-0.1, -0.05) is 52.7 Å². The smallest absolute Gasteiger partial charge is 0.335 e. The predicted molar refractivity (Wildman–Crippen MR) is 166 cm³/mol. The number of carbonyl (C=O) groups is 4. The molecule has 5 rings (SSSR count). The molecule has 3 aliphatic carbocycles. The van der Waals surface area contributed by atoms with E-state index in [2.05, 4.69) is 19.9 Å². The Morgan fingerprint density at radius 2 is 1.57 bits per heavy atom. The zero-order chi connectivity index (χ0) is 34.0. The molecular formula is C36H50O10. The van der Waals surface area contributed by atoms with E-state index in [4.69, 9.17) is 23.4 Å². The molecule has 3 fully saturated rings. The maximum Gasteiger partial charge on any atom is 0.335 e. The van der Waals surface area contributed by atoms with Crippen molar-refractivity contribution in [3.05, 3.63) is 35.8 Å². The van der Waals surface area contributed by atoms with Crippen LogP contribution in [0.5, 0.6) is 0 Å². The maximum absolute atomic E-state index is 13.6. The standard InChI is InChI=1S/C36H50O10/c1-10-19(2)31(40)32(41)45-27-16-26-35(8,24-12-11-23(34(24,27)7)22-13-14-42-18-22)28(43-20(3)37)15-25-33(5,6)46-30(39)17-29(36(25,26)9)44-21(4)38/h12-14,18-19,23,25-29,31,40H,10-11,15-17H2,1-9H3/t19?,23-,25?,26?,27-,28+,29-,31?,34-,35-,36-/m0/s1. The molecule has 4 unspecified atom stereocenters. The Labute approximate surface area is 271 Å². The van der Waals surface area contributed by atoms with Gasteiger partial charge in [0.05, 0.1) is 18.9 Å². The Bertz CT molecular complexity index is 1400. The molecule has 11 atom stereocenters. The van der Waals surface area contributed by atoms with Crippen LogP contribution in [0.4, 0.5) is 0 Å². The number of ether oxygens (including phenoxy) is 4. The first kappa shape index (κ1) is 34.2. The van der Waals surface area contributed by atoms with Crippen molar-refractivity contribution in [1.29, 1.82) is 0 Å². The van der Waals surface area contributed by atoms with E-state index in [1.165, 1.54) is 13.8 Å². The number of hydrogen-bond acceptors (Lipinski definition) is 10. The largest absolute Gasteiger partial charge is 0.472 e. The molecule has 1 aromatic heterocycles. The number of furan rings is 1. The molecule has 2 saturated carbocycles. The van der Waals surface area contributed by atoms with E-state index < -0.39 is 82.0 Å². The highest BCUT2D eigenvalue weighted by Crippen LogP contribution is 2.73. The lowest BCUT2D eigenvalue weighted by molar-refractivity contribution is -0.239. The van der Waals surface area contributed by atoms with E-state index in [-0.39, 0.29) is 18.3 Å². The van der Waals surface area contributed by atoms with Crippen molar-refractivity contribution < 1.29 is 47.6 Å². The third-order valence-corrected chi connectivity index (χ3v) is 12.4. The van der Waals surface area contributed by atoms with Crippen LogP contribution in [-0.2, 0) is 38.1 Å². The first-order chi connectivity index (χ1) is 21.4. The van der Waals surface area contributed by atoms with Gasteiger partial charge in [-0.05, 0) is 56.6 Å². The third-order valence-electron chi connectivity index (χ3n) is 12.4. The van der Waals surface area contributed by atoms with Gasteiger partial charge < -0.3 is 28.5 Å². The van der Waals surface area contributed by atoms with Crippen LogP contribution in [0.3, 0.4) is 0 Å². The summed E-state index contributed by atoms with van der Waals surface area (Å²) in [5.41, 5.74) is -1.49. The van der Waals surface area contributed by atoms with Crippen molar-refractivity contribution in [2.24, 2.45) is 34.0 Å². The molecule has 1 saturated heterocycles. The normalized spacial score (nSPS) is 39.3. The van der Waals surface area contributed by atoms with Gasteiger partial charge >= 0.3 is 23.9 Å². The van der Waals surface area contributed by atoms with Crippen LogP contribution in [0, 0.1) is 34.0 Å². The number of esters is 4. The molecule has 10 heteroatoms. The number of aliphatic hydroxyl groups is 1. The van der Waals surface area contributed by atoms with Gasteiger partial charge in [-0.2, -0.15) is 0 Å². The topological polar surface area (TPSA) is 139 Å². The van der Waals surface area contributed by atoms with E-state index in [1.54, 1.807) is 12.5 Å². The van der Waals surface area contributed by atoms with Gasteiger partial charge in [-0.25, -0.2) is 4.79 Å². The van der Waals surface area contributed by atoms with Crippen molar-refractivity contribution >= 4 is 23.9 Å². The van der Waals surface area contributed by atoms with Crippen LogP contribution < -0.4 is 0 Å². The van der Waals surface area contributed by atoms with Gasteiger partial charge in [0.15, 0.2) is 6.10 Å². The fourth-order valence-corrected chi connectivity index (χ4v) is 10.0. The SMILES string of the molecule is CCC(C)C(O)C(=O)O[C@H]1CC2[C@]3(C)C(C[C@@H](OC(C)=O)[C@@]2(C)C2=CC[C@@H](c4ccoc4)[C@@]21C)C(C)(C)OC(=O)C[C@@H]3OC(C)=O. The molecule has 254 valence electrons. The molecule has 46 heavy (non-hydrogen) atoms. The van der Waals surface area contributed by atoms with Crippen LogP contribution in [0.25, 0.3) is 0 Å². The molecule has 0 radical (unpaired) electrons. The molecule has 0 bridgehead atoms. The Kier molecular flexibility index (Phi) is 8.80. The van der Waals surface area contributed by atoms with Gasteiger partial charge in [-0.15, -0.1) is 0 Å². The lowest BCUT2D eigenvalue weighted by atomic mass is 9.39. The summed E-state index contributed by atoms with van der Waals surface area (Å²) in [5, 5.41) is 11.0. The second-order valence-corrected chi connectivity index (χ2v) is 15.2. The number of aliphatic hydroxyl groups excluding tert-OH is 1. The second kappa shape index (κ2) is 11.8. The average Bonchev–Trinajstić information content (AvgIpc) is 3.60. The summed E-state index contributed by atoms with van der Waals surface area (Å²) < 4.78 is 30.2. The van der Waals surface area contributed by atoms with Gasteiger partial charge in [0, 0.05) is 41.9 Å². The first-order valence-corrected chi connectivity index (χ1v) is 16.6. The van der Waals surface area contributed by atoms with Crippen LogP contribution in [0.15, 0.2) is 34.7 Å². The minimum absolute atomic E-state index is 0.124. The molecule has 0 spiro atoms. The summed E-state index contributed by atoms with van der Waals surface area (Å²) in [4.78, 5) is 52.2. The highest BCUT2D eigenvalue weighted by Gasteiger charge is 2.73. The van der Waals surface area contributed by atoms with Crippen molar-refractivity contribution in [2.75, 3.05) is 0 Å². The van der Waals surface area contributed by atoms with Gasteiger partial charge in [0.25, 0.3) is 0 Å². The Morgan fingerprint density at radius 3 is 2.15 bits per heavy atom. The van der Waals surface area contributed by atoms with Crippen LogP contribution in [0.2, 0.25) is 0 Å². The number of carbonyl (C=O) groups excluding carboxylic acids is 4. The fourth-order valence-electron chi connectivity index (χ4n) is 10.0. The van der Waals surface area contributed by atoms with Crippen LogP contribution >= 0.6 is 0 Å². The molecule has 4 aliphatic rings. The summed E-state index contributed by atoms with van der Waals surface area (Å²) in [6.45, 7) is 16.4. The van der Waals surface area contributed by atoms with Crippen LogP contribution in [0.1, 0.15) is 106 Å². The summed E-state index contributed by atoms with van der Waals surface area (Å²) in [6.07, 6.45) is 3.82. The molecule has 1 N–H and O–H groups in total. The number of rotatable bonds is 7. The molecule has 0 aromatic carbocycles. The van der Waals surface area contributed by atoms with Gasteiger partial charge in [0.1, 0.15) is 23.9 Å². The maximum atomic E-state index is 13.6. The zero-order valence-electron chi connectivity index (χ0n) is 28.6. The Hall–Kier alpha value is -3.14. The molecule has 0 amide bonds. The fraction of sp³-hybridized carbons (Fsp3) is 0.722. The first-order valence-electron chi connectivity index (χ1n) is 16.6. The summed E-state index contributed by atoms with van der Waals surface area (Å²) in [5.74, 6) is -3.32. The second-order valence-electron chi connectivity index (χ2n) is 15.2. The quantitative estimate of drug-likeness (QED) is 0.225. The minimum atomic E-state index is -1.30. The predicted octanol–water partition coefficient (Wildman–Crippen LogP) is 5.66. The Morgan fingerprint density at radius 1 is 0.957 bits per heavy atom. The average molecular weight is 643 g/mol. The summed E-state index contributed by atoms with van der Waals surface area (Å²) in [7, 11) is 0. The number of cyclic esters (lactones) is 1. The van der Waals surface area contributed by atoms with Crippen molar-refractivity contribution in [1.82, 2.24) is 0 Å². The van der Waals surface area contributed by atoms with Crippen LogP contribution in [-0.4, -0.2) is 59.0 Å². The number of hydrogen-bond donors (Lipinski definition) is 1. The van der Waals surface area contributed by atoms with Crippen molar-refractivity contribution in [3.8, 4) is 0 Å². The van der Waals surface area contributed by atoms with E-state index in [0.717, 1.165) is 11.1 Å². The van der Waals surface area contributed by atoms with Gasteiger partial charge in [-0.3, -0.25) is 14.4 Å². The molecule has 2 heterocycles. The van der Waals surface area contributed by atoms with E-state index in [0.29, 0.717) is 25.7 Å². The van der Waals surface area contributed by atoms with E-state index in [9.17, 15) is 24.3 Å². The third kappa shape index (κ3) is 5.19. The molecule has 10 nitrogen and oxygen atoms in total. The van der Waals surface area contributed by atoms with E-state index in [1.807, 2.05) is 40.7 Å². The minimum Gasteiger partial charge on any atom is -0.472 e. The lowest BCUT2D eigenvalue weighted by Crippen LogP contribution is -2.69. The Balaban J connectivity index is 1.74. The summed E-state index contributed by atoms with van der Waals surface area (Å²) in [6, 6.07) is 1.92. The zero-order valence-corrected chi connectivity index (χ0v) is 28.6. The lowest BCUT2D eigenvalue weighted by Gasteiger charge is -2.67. The van der Waals surface area contributed by atoms with Gasteiger partial charge in [0.2, 0.25) is 0 Å². The van der Waals surface area contributed by atoms with Crippen molar-refractivity contribution in [2.45, 2.75) is 130 Å². The molecule has 1 aliphatic heterocycles. The highest BCUT2D eigenvalue weighted by atomic mass is 16.6. The highest BCUT2D eigenvalue weighted by molar-refractivity contribution is 5.75. The number of fused-ring (bicyclic) bond motifs is 5. The monoisotopic (exact) mass is 642 g/mol. The summed E-state index contributed by atoms with van der Waals surface area (Å²) >= 11 is 0. The van der Waals surface area contributed by atoms with Crippen molar-refractivity contribution in [3.63, 3.8) is 0 Å². The number of allylic oxidation sites excluding steroid dienone is 1. The molecule has 1 aromatic rings.